The van der Waals surface area contributed by atoms with Crippen molar-refractivity contribution < 1.29 is 19.4 Å². The standard InChI is InChI=1S/C20H33NO4/c1-7-8-9-18-15(5)20(25-16(6)22)14(4)10-19(18)24-12-17(23)11-21-13(2)3/h10,13,17,21,23H,7-9,11-12H2,1-6H3/t17-/m1/s1. The summed E-state index contributed by atoms with van der Waals surface area (Å²) >= 11 is 0. The zero-order valence-electron chi connectivity index (χ0n) is 16.4. The second kappa shape index (κ2) is 10.4. The largest absolute Gasteiger partial charge is 0.491 e. The molecular formula is C20H33NO4. The maximum atomic E-state index is 11.4. The van der Waals surface area contributed by atoms with Gasteiger partial charge >= 0.3 is 5.97 Å². The van der Waals surface area contributed by atoms with E-state index >= 15 is 0 Å². The third kappa shape index (κ3) is 7.04. The highest BCUT2D eigenvalue weighted by molar-refractivity contribution is 5.71. The highest BCUT2D eigenvalue weighted by atomic mass is 16.5. The molecule has 25 heavy (non-hydrogen) atoms. The van der Waals surface area contributed by atoms with E-state index in [1.165, 1.54) is 6.92 Å². The number of nitrogens with one attached hydrogen (secondary N) is 1. The number of aliphatic hydroxyl groups excluding tert-OH is 1. The lowest BCUT2D eigenvalue weighted by atomic mass is 9.98. The van der Waals surface area contributed by atoms with Crippen molar-refractivity contribution in [3.8, 4) is 11.5 Å². The first-order chi connectivity index (χ1) is 11.8. The molecule has 1 rings (SSSR count). The molecule has 0 saturated carbocycles. The molecule has 0 aliphatic rings. The molecule has 1 aromatic rings. The Morgan fingerprint density at radius 1 is 1.32 bits per heavy atom. The van der Waals surface area contributed by atoms with Gasteiger partial charge in [0, 0.05) is 25.1 Å². The Balaban J connectivity index is 2.98. The van der Waals surface area contributed by atoms with Gasteiger partial charge in [0.1, 0.15) is 24.2 Å². The van der Waals surface area contributed by atoms with Gasteiger partial charge in [0.15, 0.2) is 0 Å². The quantitative estimate of drug-likeness (QED) is 0.500. The van der Waals surface area contributed by atoms with Crippen molar-refractivity contribution in [3.05, 3.63) is 22.8 Å². The van der Waals surface area contributed by atoms with E-state index in [4.69, 9.17) is 9.47 Å². The molecule has 0 heterocycles. The fourth-order valence-electron chi connectivity index (χ4n) is 2.68. The van der Waals surface area contributed by atoms with Gasteiger partial charge in [0.05, 0.1) is 0 Å². The van der Waals surface area contributed by atoms with Crippen molar-refractivity contribution in [1.29, 1.82) is 0 Å². The lowest BCUT2D eigenvalue weighted by Gasteiger charge is -2.20. The van der Waals surface area contributed by atoms with Crippen molar-refractivity contribution in [2.75, 3.05) is 13.2 Å². The predicted octanol–water partition coefficient (Wildman–Crippen LogP) is 3.31. The third-order valence-electron chi connectivity index (χ3n) is 4.02. The first kappa shape index (κ1) is 21.5. The number of aryl methyl sites for hydroxylation is 1. The number of aliphatic hydroxyl groups is 1. The summed E-state index contributed by atoms with van der Waals surface area (Å²) in [6, 6.07) is 2.22. The SMILES string of the molecule is CCCCc1c(OC[C@H](O)CNC(C)C)cc(C)c(OC(C)=O)c1C. The lowest BCUT2D eigenvalue weighted by Crippen LogP contribution is -2.35. The fourth-order valence-corrected chi connectivity index (χ4v) is 2.68. The third-order valence-corrected chi connectivity index (χ3v) is 4.02. The Bertz CT molecular complexity index is 569. The summed E-state index contributed by atoms with van der Waals surface area (Å²) in [6.07, 6.45) is 2.37. The smallest absolute Gasteiger partial charge is 0.308 e. The normalized spacial score (nSPS) is 12.3. The summed E-state index contributed by atoms with van der Waals surface area (Å²) in [7, 11) is 0. The monoisotopic (exact) mass is 351 g/mol. The van der Waals surface area contributed by atoms with E-state index < -0.39 is 6.10 Å². The van der Waals surface area contributed by atoms with Crippen molar-refractivity contribution in [2.24, 2.45) is 0 Å². The van der Waals surface area contributed by atoms with Crippen LogP contribution in [0.25, 0.3) is 0 Å². The zero-order valence-corrected chi connectivity index (χ0v) is 16.4. The van der Waals surface area contributed by atoms with Crippen molar-refractivity contribution in [3.63, 3.8) is 0 Å². The average Bonchev–Trinajstić information content (AvgIpc) is 2.53. The number of benzene rings is 1. The van der Waals surface area contributed by atoms with Crippen LogP contribution in [-0.4, -0.2) is 36.4 Å². The lowest BCUT2D eigenvalue weighted by molar-refractivity contribution is -0.131. The molecule has 5 nitrogen and oxygen atoms in total. The van der Waals surface area contributed by atoms with Gasteiger partial charge in [-0.25, -0.2) is 0 Å². The van der Waals surface area contributed by atoms with E-state index in [0.717, 1.165) is 41.7 Å². The summed E-state index contributed by atoms with van der Waals surface area (Å²) in [5.74, 6) is 1.06. The molecule has 0 amide bonds. The van der Waals surface area contributed by atoms with Gasteiger partial charge in [-0.05, 0) is 43.9 Å². The fraction of sp³-hybridized carbons (Fsp3) is 0.650. The van der Waals surface area contributed by atoms with Crippen LogP contribution in [0.5, 0.6) is 11.5 Å². The minimum Gasteiger partial charge on any atom is -0.491 e. The Morgan fingerprint density at radius 3 is 2.56 bits per heavy atom. The Labute approximate surface area is 151 Å². The molecule has 0 bridgehead atoms. The molecule has 0 fully saturated rings. The number of hydrogen-bond donors (Lipinski definition) is 2. The molecular weight excluding hydrogens is 318 g/mol. The molecule has 0 unspecified atom stereocenters. The summed E-state index contributed by atoms with van der Waals surface area (Å²) in [5, 5.41) is 13.3. The van der Waals surface area contributed by atoms with Crippen molar-refractivity contribution in [1.82, 2.24) is 5.32 Å². The highest BCUT2D eigenvalue weighted by Crippen LogP contribution is 2.35. The molecule has 5 heteroatoms. The molecule has 142 valence electrons. The van der Waals surface area contributed by atoms with Crippen LogP contribution in [0.15, 0.2) is 6.07 Å². The Hall–Kier alpha value is -1.59. The van der Waals surface area contributed by atoms with E-state index in [-0.39, 0.29) is 12.6 Å². The number of rotatable bonds is 10. The van der Waals surface area contributed by atoms with Gasteiger partial charge in [0.2, 0.25) is 0 Å². The number of hydrogen-bond acceptors (Lipinski definition) is 5. The van der Waals surface area contributed by atoms with Crippen LogP contribution in [-0.2, 0) is 11.2 Å². The second-order valence-corrected chi connectivity index (χ2v) is 6.85. The van der Waals surface area contributed by atoms with Gasteiger partial charge in [-0.15, -0.1) is 0 Å². The summed E-state index contributed by atoms with van der Waals surface area (Å²) in [5.41, 5.74) is 2.85. The molecule has 0 aromatic heterocycles. The predicted molar refractivity (Wildman–Crippen MR) is 100 cm³/mol. The van der Waals surface area contributed by atoms with Crippen LogP contribution in [0, 0.1) is 13.8 Å². The Kier molecular flexibility index (Phi) is 8.93. The maximum absolute atomic E-state index is 11.4. The van der Waals surface area contributed by atoms with Crippen molar-refractivity contribution >= 4 is 5.97 Å². The molecule has 1 atom stereocenters. The van der Waals surface area contributed by atoms with Gasteiger partial charge < -0.3 is 19.9 Å². The van der Waals surface area contributed by atoms with Crippen molar-refractivity contribution in [2.45, 2.75) is 73.0 Å². The highest BCUT2D eigenvalue weighted by Gasteiger charge is 2.17. The molecule has 0 aliphatic carbocycles. The van der Waals surface area contributed by atoms with Crippen LogP contribution in [0.3, 0.4) is 0 Å². The van der Waals surface area contributed by atoms with Crippen LogP contribution < -0.4 is 14.8 Å². The minimum absolute atomic E-state index is 0.227. The summed E-state index contributed by atoms with van der Waals surface area (Å²) < 4.78 is 11.3. The minimum atomic E-state index is -0.574. The van der Waals surface area contributed by atoms with Crippen LogP contribution in [0.1, 0.15) is 57.2 Å². The molecule has 0 aliphatic heterocycles. The summed E-state index contributed by atoms with van der Waals surface area (Å²) in [4.78, 5) is 11.4. The number of carbonyl (C=O) groups excluding carboxylic acids is 1. The molecule has 0 saturated heterocycles. The van der Waals surface area contributed by atoms with Gasteiger partial charge in [0.25, 0.3) is 0 Å². The van der Waals surface area contributed by atoms with E-state index in [1.54, 1.807) is 0 Å². The van der Waals surface area contributed by atoms with E-state index in [0.29, 0.717) is 18.3 Å². The van der Waals surface area contributed by atoms with E-state index in [2.05, 4.69) is 12.2 Å². The molecule has 2 N–H and O–H groups in total. The van der Waals surface area contributed by atoms with Crippen LogP contribution in [0.4, 0.5) is 0 Å². The van der Waals surface area contributed by atoms with Gasteiger partial charge in [-0.2, -0.15) is 0 Å². The maximum Gasteiger partial charge on any atom is 0.308 e. The summed E-state index contributed by atoms with van der Waals surface area (Å²) in [6.45, 7) is 12.2. The Morgan fingerprint density at radius 2 is 2.00 bits per heavy atom. The first-order valence-electron chi connectivity index (χ1n) is 9.11. The average molecular weight is 351 g/mol. The van der Waals surface area contributed by atoms with E-state index in [9.17, 15) is 9.90 Å². The number of unbranched alkanes of at least 4 members (excludes halogenated alkanes) is 1. The molecule has 1 aromatic carbocycles. The first-order valence-corrected chi connectivity index (χ1v) is 9.11. The van der Waals surface area contributed by atoms with Gasteiger partial charge in [-0.3, -0.25) is 4.79 Å². The second-order valence-electron chi connectivity index (χ2n) is 6.85. The zero-order chi connectivity index (χ0) is 19.0. The molecule has 0 radical (unpaired) electrons. The number of esters is 1. The number of carbonyl (C=O) groups is 1. The van der Waals surface area contributed by atoms with Crippen LogP contribution in [0.2, 0.25) is 0 Å². The topological polar surface area (TPSA) is 67.8 Å². The van der Waals surface area contributed by atoms with E-state index in [1.807, 2.05) is 33.8 Å². The number of ether oxygens (including phenoxy) is 2. The van der Waals surface area contributed by atoms with Gasteiger partial charge in [-0.1, -0.05) is 27.2 Å². The van der Waals surface area contributed by atoms with Crippen LogP contribution >= 0.6 is 0 Å². The molecule has 0 spiro atoms.